The summed E-state index contributed by atoms with van der Waals surface area (Å²) in [5, 5.41) is 8.88. The van der Waals surface area contributed by atoms with Gasteiger partial charge in [0.25, 0.3) is 0 Å². The number of carboxylic acid groups (broad SMARTS) is 1. The van der Waals surface area contributed by atoms with Gasteiger partial charge in [-0.1, -0.05) is 6.92 Å². The number of anilines is 2. The van der Waals surface area contributed by atoms with Gasteiger partial charge in [-0.2, -0.15) is 0 Å². The van der Waals surface area contributed by atoms with Crippen molar-refractivity contribution in [3.63, 3.8) is 0 Å². The second-order valence-electron chi connectivity index (χ2n) is 4.77. The molecule has 2 rings (SSSR count). The highest BCUT2D eigenvalue weighted by atomic mass is 16.4. The van der Waals surface area contributed by atoms with Crippen molar-refractivity contribution in [1.29, 1.82) is 0 Å². The summed E-state index contributed by atoms with van der Waals surface area (Å²) in [6, 6.07) is 4.97. The summed E-state index contributed by atoms with van der Waals surface area (Å²) < 4.78 is 0. The Morgan fingerprint density at radius 3 is 2.88 bits per heavy atom. The van der Waals surface area contributed by atoms with E-state index in [4.69, 9.17) is 10.8 Å². The van der Waals surface area contributed by atoms with Crippen molar-refractivity contribution < 1.29 is 9.90 Å². The molecule has 0 saturated carbocycles. The molecule has 0 amide bonds. The van der Waals surface area contributed by atoms with Crippen molar-refractivity contribution in [1.82, 2.24) is 0 Å². The Bertz CT molecular complexity index is 431. The number of nitrogens with zero attached hydrogens (tertiary/aromatic N) is 1. The van der Waals surface area contributed by atoms with Crippen LogP contribution in [-0.4, -0.2) is 24.2 Å². The van der Waals surface area contributed by atoms with E-state index in [9.17, 15) is 4.79 Å². The quantitative estimate of drug-likeness (QED) is 0.770. The maximum Gasteiger partial charge on any atom is 0.335 e. The molecule has 92 valence electrons. The third kappa shape index (κ3) is 2.52. The molecule has 4 heteroatoms. The number of rotatable bonds is 2. The molecule has 0 aliphatic carbocycles. The first-order valence-corrected chi connectivity index (χ1v) is 5.95. The first-order valence-electron chi connectivity index (χ1n) is 5.95. The van der Waals surface area contributed by atoms with Crippen LogP contribution in [0, 0.1) is 5.92 Å². The van der Waals surface area contributed by atoms with Gasteiger partial charge >= 0.3 is 5.97 Å². The van der Waals surface area contributed by atoms with Crippen molar-refractivity contribution in [3.8, 4) is 0 Å². The molecule has 1 saturated heterocycles. The monoisotopic (exact) mass is 234 g/mol. The van der Waals surface area contributed by atoms with Gasteiger partial charge in [-0.3, -0.25) is 0 Å². The Balaban J connectivity index is 2.23. The number of benzene rings is 1. The Morgan fingerprint density at radius 2 is 2.29 bits per heavy atom. The Morgan fingerprint density at radius 1 is 1.53 bits per heavy atom. The fourth-order valence-corrected chi connectivity index (χ4v) is 2.38. The molecule has 0 spiro atoms. The topological polar surface area (TPSA) is 66.6 Å². The molecule has 0 bridgehead atoms. The van der Waals surface area contributed by atoms with Crippen LogP contribution in [0.1, 0.15) is 30.1 Å². The summed E-state index contributed by atoms with van der Waals surface area (Å²) in [5.41, 5.74) is 7.69. The molecule has 3 N–H and O–H groups in total. The lowest BCUT2D eigenvalue weighted by Crippen LogP contribution is -2.34. The molecule has 1 fully saturated rings. The molecule has 1 aromatic carbocycles. The summed E-state index contributed by atoms with van der Waals surface area (Å²) in [4.78, 5) is 13.1. The van der Waals surface area contributed by atoms with E-state index in [1.54, 1.807) is 6.07 Å². The van der Waals surface area contributed by atoms with Gasteiger partial charge in [-0.15, -0.1) is 0 Å². The summed E-state index contributed by atoms with van der Waals surface area (Å²) in [5.74, 6) is -0.266. The molecule has 4 nitrogen and oxygen atoms in total. The molecular formula is C13H18N2O2. The van der Waals surface area contributed by atoms with Crippen molar-refractivity contribution in [2.24, 2.45) is 5.92 Å². The molecule has 1 aliphatic rings. The Hall–Kier alpha value is -1.71. The van der Waals surface area contributed by atoms with Gasteiger partial charge in [0.15, 0.2) is 0 Å². The number of hydrogen-bond acceptors (Lipinski definition) is 3. The van der Waals surface area contributed by atoms with E-state index < -0.39 is 5.97 Å². The molecule has 1 heterocycles. The number of nitrogen functional groups attached to an aromatic ring is 1. The largest absolute Gasteiger partial charge is 0.478 e. The summed E-state index contributed by atoms with van der Waals surface area (Å²) in [6.07, 6.45) is 2.42. The standard InChI is InChI=1S/C13H18N2O2/c1-9-3-2-6-15(8-9)12-5-4-10(13(16)17)7-11(12)14/h4-5,7,9H,2-3,6,8,14H2,1H3,(H,16,17)/t9-/m0/s1. The SMILES string of the molecule is C[C@H]1CCCN(c2ccc(C(=O)O)cc2N)C1. The van der Waals surface area contributed by atoms with Crippen molar-refractivity contribution in [2.75, 3.05) is 23.7 Å². The van der Waals surface area contributed by atoms with Gasteiger partial charge < -0.3 is 15.7 Å². The molecule has 17 heavy (non-hydrogen) atoms. The third-order valence-corrected chi connectivity index (χ3v) is 3.27. The highest BCUT2D eigenvalue weighted by Crippen LogP contribution is 2.28. The van der Waals surface area contributed by atoms with Crippen LogP contribution in [0.2, 0.25) is 0 Å². The number of hydrogen-bond donors (Lipinski definition) is 2. The number of nitrogens with two attached hydrogens (primary N) is 1. The Labute approximate surface area is 101 Å². The molecule has 1 aromatic rings. The minimum absolute atomic E-state index is 0.247. The van der Waals surface area contributed by atoms with E-state index in [0.29, 0.717) is 11.6 Å². The normalized spacial score (nSPS) is 20.3. The average molecular weight is 234 g/mol. The number of aromatic carboxylic acids is 1. The van der Waals surface area contributed by atoms with E-state index >= 15 is 0 Å². The van der Waals surface area contributed by atoms with Crippen LogP contribution in [-0.2, 0) is 0 Å². The zero-order chi connectivity index (χ0) is 12.4. The lowest BCUT2D eigenvalue weighted by molar-refractivity contribution is 0.0697. The van der Waals surface area contributed by atoms with Crippen LogP contribution in [0.4, 0.5) is 11.4 Å². The van der Waals surface area contributed by atoms with Crippen LogP contribution in [0.5, 0.6) is 0 Å². The van der Waals surface area contributed by atoms with E-state index in [0.717, 1.165) is 18.8 Å². The second-order valence-corrected chi connectivity index (χ2v) is 4.77. The van der Waals surface area contributed by atoms with E-state index in [-0.39, 0.29) is 5.56 Å². The predicted octanol–water partition coefficient (Wildman–Crippen LogP) is 2.20. The van der Waals surface area contributed by atoms with Gasteiger partial charge in [0.2, 0.25) is 0 Å². The Kier molecular flexibility index (Phi) is 3.22. The second kappa shape index (κ2) is 4.65. The molecule has 0 aromatic heterocycles. The minimum atomic E-state index is -0.935. The fourth-order valence-electron chi connectivity index (χ4n) is 2.38. The third-order valence-electron chi connectivity index (χ3n) is 3.27. The smallest absolute Gasteiger partial charge is 0.335 e. The number of carboxylic acids is 1. The minimum Gasteiger partial charge on any atom is -0.478 e. The maximum absolute atomic E-state index is 10.8. The lowest BCUT2D eigenvalue weighted by atomic mass is 9.99. The number of carbonyl (C=O) groups is 1. The first kappa shape index (κ1) is 11.8. The molecule has 1 aliphatic heterocycles. The molecular weight excluding hydrogens is 216 g/mol. The van der Waals surface area contributed by atoms with Crippen LogP contribution in [0.15, 0.2) is 18.2 Å². The van der Waals surface area contributed by atoms with E-state index in [2.05, 4.69) is 11.8 Å². The summed E-state index contributed by atoms with van der Waals surface area (Å²) >= 11 is 0. The summed E-state index contributed by atoms with van der Waals surface area (Å²) in [6.45, 7) is 4.23. The van der Waals surface area contributed by atoms with E-state index in [1.165, 1.54) is 18.9 Å². The highest BCUT2D eigenvalue weighted by molar-refractivity contribution is 5.90. The van der Waals surface area contributed by atoms with Gasteiger partial charge in [0.1, 0.15) is 0 Å². The number of piperidine rings is 1. The highest BCUT2D eigenvalue weighted by Gasteiger charge is 2.18. The van der Waals surface area contributed by atoms with Crippen LogP contribution in [0.3, 0.4) is 0 Å². The van der Waals surface area contributed by atoms with Crippen molar-refractivity contribution in [3.05, 3.63) is 23.8 Å². The lowest BCUT2D eigenvalue weighted by Gasteiger charge is -2.33. The molecule has 1 atom stereocenters. The first-order chi connectivity index (χ1) is 8.08. The van der Waals surface area contributed by atoms with Crippen LogP contribution in [0.25, 0.3) is 0 Å². The zero-order valence-corrected chi connectivity index (χ0v) is 10.0. The predicted molar refractivity (Wildman–Crippen MR) is 68.4 cm³/mol. The van der Waals surface area contributed by atoms with Crippen LogP contribution < -0.4 is 10.6 Å². The molecule has 0 unspecified atom stereocenters. The molecule has 0 radical (unpaired) electrons. The average Bonchev–Trinajstić information content (AvgIpc) is 2.28. The van der Waals surface area contributed by atoms with Gasteiger partial charge in [0.05, 0.1) is 16.9 Å². The maximum atomic E-state index is 10.8. The van der Waals surface area contributed by atoms with Crippen molar-refractivity contribution >= 4 is 17.3 Å². The zero-order valence-electron chi connectivity index (χ0n) is 10.0. The van der Waals surface area contributed by atoms with Crippen LogP contribution >= 0.6 is 0 Å². The van der Waals surface area contributed by atoms with Crippen molar-refractivity contribution in [2.45, 2.75) is 19.8 Å². The van der Waals surface area contributed by atoms with E-state index in [1.807, 2.05) is 6.07 Å². The van der Waals surface area contributed by atoms with Gasteiger partial charge in [0, 0.05) is 13.1 Å². The van der Waals surface area contributed by atoms with Gasteiger partial charge in [-0.05, 0) is 37.0 Å². The summed E-state index contributed by atoms with van der Waals surface area (Å²) in [7, 11) is 0. The fraction of sp³-hybridized carbons (Fsp3) is 0.462. The van der Waals surface area contributed by atoms with Gasteiger partial charge in [-0.25, -0.2) is 4.79 Å².